The maximum absolute atomic E-state index is 12.8. The van der Waals surface area contributed by atoms with Crippen molar-refractivity contribution in [1.82, 2.24) is 14.8 Å². The summed E-state index contributed by atoms with van der Waals surface area (Å²) in [5.41, 5.74) is 0. The lowest BCUT2D eigenvalue weighted by Gasteiger charge is -2.33. The summed E-state index contributed by atoms with van der Waals surface area (Å²) in [6.07, 6.45) is -0.969. The molecule has 21 heavy (non-hydrogen) atoms. The topological polar surface area (TPSA) is 50.9 Å². The number of rotatable bonds is 5. The second-order valence-corrected chi connectivity index (χ2v) is 5.84. The Morgan fingerprint density at radius 3 is 2.86 bits per heavy atom. The van der Waals surface area contributed by atoms with E-state index < -0.39 is 18.2 Å². The maximum Gasteiger partial charge on any atom is 0.391 e. The predicted octanol–water partition coefficient (Wildman–Crippen LogP) is 2.96. The molecule has 1 saturated carbocycles. The van der Waals surface area contributed by atoms with Gasteiger partial charge in [-0.15, -0.1) is 0 Å². The largest absolute Gasteiger partial charge is 0.392 e. The van der Waals surface area contributed by atoms with Crippen molar-refractivity contribution in [3.05, 3.63) is 12.2 Å². The lowest BCUT2D eigenvalue weighted by Crippen LogP contribution is -2.34. The standard InChI is InChI=1S/C14H22F3N3O/c1-2-6-20-13(18-9-19-20)8-12(21)10-4-3-5-11(7-10)14(15,16)17/h9-12,21H,2-8H2,1H3. The molecule has 0 aliphatic heterocycles. The van der Waals surface area contributed by atoms with Crippen LogP contribution in [-0.4, -0.2) is 32.2 Å². The van der Waals surface area contributed by atoms with Crippen LogP contribution in [0.25, 0.3) is 0 Å². The number of hydrogen-bond acceptors (Lipinski definition) is 3. The Kier molecular flexibility index (Phi) is 5.24. The van der Waals surface area contributed by atoms with Gasteiger partial charge < -0.3 is 5.11 Å². The van der Waals surface area contributed by atoms with E-state index in [1.54, 1.807) is 4.68 Å². The summed E-state index contributed by atoms with van der Waals surface area (Å²) in [4.78, 5) is 4.11. The van der Waals surface area contributed by atoms with E-state index in [-0.39, 0.29) is 25.2 Å². The molecule has 120 valence electrons. The lowest BCUT2D eigenvalue weighted by atomic mass is 9.77. The average molecular weight is 305 g/mol. The summed E-state index contributed by atoms with van der Waals surface area (Å²) in [5, 5.41) is 14.3. The Labute approximate surface area is 122 Å². The van der Waals surface area contributed by atoms with Crippen molar-refractivity contribution in [2.75, 3.05) is 0 Å². The van der Waals surface area contributed by atoms with E-state index in [2.05, 4.69) is 10.1 Å². The van der Waals surface area contributed by atoms with Gasteiger partial charge in [0.1, 0.15) is 12.2 Å². The third-order valence-electron chi connectivity index (χ3n) is 4.24. The summed E-state index contributed by atoms with van der Waals surface area (Å²) in [7, 11) is 0. The normalized spacial score (nSPS) is 25.0. The Morgan fingerprint density at radius 2 is 2.19 bits per heavy atom. The van der Waals surface area contributed by atoms with Gasteiger partial charge in [0.25, 0.3) is 0 Å². The molecule has 3 atom stereocenters. The van der Waals surface area contributed by atoms with Crippen molar-refractivity contribution in [2.24, 2.45) is 11.8 Å². The van der Waals surface area contributed by atoms with Crippen LogP contribution in [0.3, 0.4) is 0 Å². The van der Waals surface area contributed by atoms with Gasteiger partial charge in [-0.1, -0.05) is 13.3 Å². The number of nitrogens with zero attached hydrogens (tertiary/aromatic N) is 3. The molecule has 1 aliphatic rings. The van der Waals surface area contributed by atoms with E-state index in [0.29, 0.717) is 25.2 Å². The summed E-state index contributed by atoms with van der Waals surface area (Å²) < 4.78 is 40.2. The van der Waals surface area contributed by atoms with Gasteiger partial charge in [-0.25, -0.2) is 4.98 Å². The van der Waals surface area contributed by atoms with Gasteiger partial charge in [-0.05, 0) is 31.6 Å². The van der Waals surface area contributed by atoms with Gasteiger partial charge in [-0.3, -0.25) is 4.68 Å². The van der Waals surface area contributed by atoms with E-state index in [1.807, 2.05) is 6.92 Å². The molecule has 0 aromatic carbocycles. The molecule has 0 bridgehead atoms. The zero-order valence-corrected chi connectivity index (χ0v) is 12.2. The van der Waals surface area contributed by atoms with Crippen LogP contribution in [0.2, 0.25) is 0 Å². The zero-order chi connectivity index (χ0) is 15.5. The van der Waals surface area contributed by atoms with Crippen LogP contribution in [0, 0.1) is 11.8 Å². The van der Waals surface area contributed by atoms with Gasteiger partial charge in [0, 0.05) is 13.0 Å². The smallest absolute Gasteiger partial charge is 0.391 e. The average Bonchev–Trinajstić information content (AvgIpc) is 2.86. The van der Waals surface area contributed by atoms with Crippen LogP contribution in [0.1, 0.15) is 44.9 Å². The van der Waals surface area contributed by atoms with Crippen molar-refractivity contribution in [3.63, 3.8) is 0 Å². The highest BCUT2D eigenvalue weighted by atomic mass is 19.4. The highest BCUT2D eigenvalue weighted by Crippen LogP contribution is 2.41. The van der Waals surface area contributed by atoms with Crippen molar-refractivity contribution in [3.8, 4) is 0 Å². The van der Waals surface area contributed by atoms with Crippen molar-refractivity contribution < 1.29 is 18.3 Å². The number of aliphatic hydroxyl groups excluding tert-OH is 1. The van der Waals surface area contributed by atoms with Crippen LogP contribution in [-0.2, 0) is 13.0 Å². The first-order chi connectivity index (χ1) is 9.91. The van der Waals surface area contributed by atoms with E-state index in [4.69, 9.17) is 0 Å². The molecule has 0 spiro atoms. The molecule has 1 heterocycles. The van der Waals surface area contributed by atoms with Gasteiger partial charge >= 0.3 is 6.18 Å². The fourth-order valence-electron chi connectivity index (χ4n) is 3.07. The summed E-state index contributed by atoms with van der Waals surface area (Å²) in [6.45, 7) is 2.72. The first-order valence-corrected chi connectivity index (χ1v) is 7.53. The Hall–Kier alpha value is -1.11. The minimum atomic E-state index is -4.15. The number of aromatic nitrogens is 3. The molecule has 1 fully saturated rings. The maximum atomic E-state index is 12.8. The fraction of sp³-hybridized carbons (Fsp3) is 0.857. The number of aryl methyl sites for hydroxylation is 1. The van der Waals surface area contributed by atoms with Crippen LogP contribution >= 0.6 is 0 Å². The van der Waals surface area contributed by atoms with Gasteiger partial charge in [-0.2, -0.15) is 18.3 Å². The molecular formula is C14H22F3N3O. The SMILES string of the molecule is CCCn1ncnc1CC(O)C1CCCC(C(F)(F)F)C1. The van der Waals surface area contributed by atoms with Crippen LogP contribution < -0.4 is 0 Å². The quantitative estimate of drug-likeness (QED) is 0.910. The van der Waals surface area contributed by atoms with Gasteiger partial charge in [0.2, 0.25) is 0 Å². The zero-order valence-electron chi connectivity index (χ0n) is 12.2. The van der Waals surface area contributed by atoms with Crippen molar-refractivity contribution in [2.45, 2.75) is 64.3 Å². The molecular weight excluding hydrogens is 283 g/mol. The first kappa shape index (κ1) is 16.3. The molecule has 1 N–H and O–H groups in total. The van der Waals surface area contributed by atoms with E-state index in [0.717, 1.165) is 6.42 Å². The molecule has 1 aromatic rings. The minimum absolute atomic E-state index is 0.0204. The molecule has 3 unspecified atom stereocenters. The summed E-state index contributed by atoms with van der Waals surface area (Å²) in [6, 6.07) is 0. The first-order valence-electron chi connectivity index (χ1n) is 7.53. The van der Waals surface area contributed by atoms with E-state index in [1.165, 1.54) is 6.33 Å². The van der Waals surface area contributed by atoms with Crippen LogP contribution in [0.15, 0.2) is 6.33 Å². The van der Waals surface area contributed by atoms with Gasteiger partial charge in [0.15, 0.2) is 0 Å². The second-order valence-electron chi connectivity index (χ2n) is 5.84. The van der Waals surface area contributed by atoms with Gasteiger partial charge in [0.05, 0.1) is 12.0 Å². The number of aliphatic hydroxyl groups is 1. The van der Waals surface area contributed by atoms with Crippen LogP contribution in [0.5, 0.6) is 0 Å². The molecule has 0 saturated heterocycles. The molecule has 0 amide bonds. The van der Waals surface area contributed by atoms with Crippen molar-refractivity contribution >= 4 is 0 Å². The monoisotopic (exact) mass is 305 g/mol. The minimum Gasteiger partial charge on any atom is -0.392 e. The molecule has 0 radical (unpaired) electrons. The summed E-state index contributed by atoms with van der Waals surface area (Å²) in [5.74, 6) is -0.935. The van der Waals surface area contributed by atoms with Crippen molar-refractivity contribution in [1.29, 1.82) is 0 Å². The molecule has 7 heteroatoms. The van der Waals surface area contributed by atoms with Crippen LogP contribution in [0.4, 0.5) is 13.2 Å². The Bertz CT molecular complexity index is 447. The molecule has 2 rings (SSSR count). The Balaban J connectivity index is 1.96. The number of hydrogen-bond donors (Lipinski definition) is 1. The summed E-state index contributed by atoms with van der Waals surface area (Å²) >= 11 is 0. The predicted molar refractivity (Wildman–Crippen MR) is 71.5 cm³/mol. The molecule has 1 aromatic heterocycles. The Morgan fingerprint density at radius 1 is 1.43 bits per heavy atom. The fourth-order valence-corrected chi connectivity index (χ4v) is 3.07. The van der Waals surface area contributed by atoms with E-state index >= 15 is 0 Å². The molecule has 4 nitrogen and oxygen atoms in total. The highest BCUT2D eigenvalue weighted by Gasteiger charge is 2.43. The van der Waals surface area contributed by atoms with E-state index in [9.17, 15) is 18.3 Å². The number of alkyl halides is 3. The number of halogens is 3. The third kappa shape index (κ3) is 4.18. The lowest BCUT2D eigenvalue weighted by molar-refractivity contribution is -0.188. The highest BCUT2D eigenvalue weighted by molar-refractivity contribution is 4.91. The second kappa shape index (κ2) is 6.77. The third-order valence-corrected chi connectivity index (χ3v) is 4.24. The molecule has 1 aliphatic carbocycles.